The van der Waals surface area contributed by atoms with Gasteiger partial charge in [0.1, 0.15) is 54.8 Å². The molecule has 4 N–H and O–H groups in total. The van der Waals surface area contributed by atoms with Gasteiger partial charge in [-0.15, -0.1) is 0 Å². The number of imidazole rings is 2. The molecule has 3 saturated heterocycles. The Morgan fingerprint density at radius 1 is 0.841 bits per heavy atom. The summed E-state index contributed by atoms with van der Waals surface area (Å²) in [5, 5.41) is 0. The van der Waals surface area contributed by atoms with Gasteiger partial charge in [0.25, 0.3) is 7.47 Å². The molecule has 3 fully saturated rings. The van der Waals surface area contributed by atoms with Crippen LogP contribution in [0.2, 0.25) is 0 Å². The molecular weight excluding hydrogens is 651 g/mol. The van der Waals surface area contributed by atoms with Crippen LogP contribution in [0.3, 0.4) is 0 Å². The molecule has 4 aromatic rings. The van der Waals surface area contributed by atoms with Gasteiger partial charge in [-0.2, -0.15) is 0 Å². The van der Waals surface area contributed by atoms with E-state index in [1.807, 2.05) is 0 Å². The minimum Gasteiger partial charge on any atom is -0.780 e. The van der Waals surface area contributed by atoms with Gasteiger partial charge >= 0.3 is 0 Å². The van der Waals surface area contributed by atoms with E-state index in [2.05, 4.69) is 29.9 Å². The Bertz CT molecular complexity index is 1710. The van der Waals surface area contributed by atoms with Crippen LogP contribution in [0.25, 0.3) is 22.3 Å². The molecule has 4 aromatic heterocycles. The lowest BCUT2D eigenvalue weighted by Crippen LogP contribution is -2.38. The zero-order valence-corrected chi connectivity index (χ0v) is 24.6. The molecule has 2 radical (unpaired) electrons. The molecule has 0 aromatic carbocycles. The molecule has 18 nitrogen and oxygen atoms in total. The highest BCUT2D eigenvalue weighted by Gasteiger charge is 2.53. The molecule has 24 heteroatoms. The summed E-state index contributed by atoms with van der Waals surface area (Å²) >= 11 is 5.03. The third-order valence-corrected chi connectivity index (χ3v) is 9.78. The highest BCUT2D eigenvalue weighted by molar-refractivity contribution is 8.06. The number of aromatic nitrogens is 8. The minimum atomic E-state index is -4.59. The summed E-state index contributed by atoms with van der Waals surface area (Å²) in [5.41, 5.74) is 12.2. The molecule has 0 spiro atoms. The lowest BCUT2D eigenvalue weighted by Gasteiger charge is -2.35. The number of rotatable bonds is 2. The Morgan fingerprint density at radius 3 is 1.84 bits per heavy atom. The van der Waals surface area contributed by atoms with Crippen LogP contribution in [0, 0.1) is 0 Å². The first kappa shape index (κ1) is 29.9. The van der Waals surface area contributed by atoms with Crippen LogP contribution < -0.4 is 16.4 Å². The van der Waals surface area contributed by atoms with E-state index in [1.165, 1.54) is 21.8 Å². The Balaban J connectivity index is 1.17. The number of nitrogen functional groups attached to an aromatic ring is 2. The van der Waals surface area contributed by atoms with Crippen LogP contribution in [0.1, 0.15) is 12.5 Å². The number of hydrogen-bond acceptors (Lipinski definition) is 17. The smallest absolute Gasteiger partial charge is 0.264 e. The van der Waals surface area contributed by atoms with Crippen molar-refractivity contribution in [2.24, 2.45) is 0 Å². The molecule has 232 valence electrons. The fourth-order valence-corrected chi connectivity index (χ4v) is 7.62. The molecule has 3 unspecified atom stereocenters. The second-order valence-electron chi connectivity index (χ2n) is 9.90. The molecule has 0 saturated carbocycles. The number of anilines is 2. The molecule has 44 heavy (non-hydrogen) atoms. The molecule has 7 heterocycles. The van der Waals surface area contributed by atoms with Gasteiger partial charge in [0, 0.05) is 0 Å². The zero-order chi connectivity index (χ0) is 31.0. The van der Waals surface area contributed by atoms with E-state index in [0.29, 0.717) is 0 Å². The summed E-state index contributed by atoms with van der Waals surface area (Å²) in [5.74, 6) is 0.0785. The number of hydrogen-bond donors (Lipinski definition) is 2. The Hall–Kier alpha value is -2.78. The van der Waals surface area contributed by atoms with Crippen molar-refractivity contribution in [2.45, 2.75) is 49.2 Å². The highest BCUT2D eigenvalue weighted by Crippen LogP contribution is 2.53. The van der Waals surface area contributed by atoms with E-state index in [9.17, 15) is 9.46 Å². The van der Waals surface area contributed by atoms with Crippen LogP contribution in [-0.2, 0) is 43.9 Å². The molecule has 0 bridgehead atoms. The average molecular weight is 671 g/mol. The van der Waals surface area contributed by atoms with Gasteiger partial charge in [0.2, 0.25) is 7.57 Å². The van der Waals surface area contributed by atoms with Crippen molar-refractivity contribution in [3.63, 3.8) is 0 Å². The van der Waals surface area contributed by atoms with Gasteiger partial charge < -0.3 is 43.9 Å². The van der Waals surface area contributed by atoms with Crippen molar-refractivity contribution >= 4 is 67.5 Å². The maximum Gasteiger partial charge on any atom is 0.264 e. The average Bonchev–Trinajstić information content (AvgIpc) is 3.73. The van der Waals surface area contributed by atoms with Crippen molar-refractivity contribution in [3.05, 3.63) is 25.3 Å². The topological polar surface area (TPSA) is 235 Å². The lowest BCUT2D eigenvalue weighted by atomic mass is 10.1. The van der Waals surface area contributed by atoms with Crippen LogP contribution in [0.5, 0.6) is 0 Å². The first-order chi connectivity index (χ1) is 20.9. The quantitative estimate of drug-likeness (QED) is 0.210. The number of alkyl halides is 2. The van der Waals surface area contributed by atoms with Gasteiger partial charge in [-0.25, -0.2) is 38.7 Å². The van der Waals surface area contributed by atoms with Crippen LogP contribution in [0.4, 0.5) is 20.4 Å². The summed E-state index contributed by atoms with van der Waals surface area (Å²) in [6.45, 7) is -5.92. The van der Waals surface area contributed by atoms with Gasteiger partial charge in [0.05, 0.1) is 25.9 Å². The van der Waals surface area contributed by atoms with Crippen LogP contribution in [-0.4, -0.2) is 96.6 Å². The molecule has 7 rings (SSSR count). The minimum absolute atomic E-state index is 0.0390. The molecule has 0 amide bonds. The number of ether oxygens (including phenoxy) is 2. The summed E-state index contributed by atoms with van der Waals surface area (Å²) in [6.07, 6.45) is -8.51. The zero-order valence-electron chi connectivity index (χ0n) is 22.0. The second-order valence-corrected chi connectivity index (χ2v) is 14.2. The molecule has 3 aliphatic rings. The third-order valence-electron chi connectivity index (χ3n) is 7.19. The van der Waals surface area contributed by atoms with Crippen molar-refractivity contribution < 1.29 is 45.8 Å². The summed E-state index contributed by atoms with van der Waals surface area (Å²) in [6, 6.07) is 0. The SMILES string of the molecule is [B][P@@]1(=O)OC[C@H]2O[C@@H](n3cnc4c(N)ncnc43)C(F)[C@H]2OP([O-])(=S)OC[C@H]2O[C@@H](n3cnc4c(N)ncnc43)[C@@H](F)C2O1. The number of nitrogens with zero attached hydrogens (tertiary/aromatic N) is 8. The van der Waals surface area contributed by atoms with Crippen molar-refractivity contribution in [2.75, 3.05) is 24.7 Å². The summed E-state index contributed by atoms with van der Waals surface area (Å²) < 4.78 is 80.6. The Labute approximate surface area is 251 Å². The number of nitrogens with two attached hydrogens (primary N) is 2. The number of halogens is 2. The van der Waals surface area contributed by atoms with E-state index >= 15 is 8.78 Å². The molecule has 3 aliphatic heterocycles. The summed E-state index contributed by atoms with van der Waals surface area (Å²) in [7, 11) is 1.23. The van der Waals surface area contributed by atoms with E-state index < -0.39 is 76.6 Å². The monoisotopic (exact) mass is 671 g/mol. The Morgan fingerprint density at radius 2 is 1.32 bits per heavy atom. The largest absolute Gasteiger partial charge is 0.780 e. The molecule has 10 atom stereocenters. The maximum atomic E-state index is 15.9. The van der Waals surface area contributed by atoms with Crippen molar-refractivity contribution in [1.82, 2.24) is 39.0 Å². The van der Waals surface area contributed by atoms with Crippen LogP contribution in [0.15, 0.2) is 25.3 Å². The number of fused-ring (bicyclic) bond motifs is 4. The normalized spacial score (nSPS) is 38.2. The van der Waals surface area contributed by atoms with E-state index in [-0.39, 0.29) is 34.0 Å². The predicted molar refractivity (Wildman–Crippen MR) is 146 cm³/mol. The second kappa shape index (κ2) is 10.9. The Kier molecular flexibility index (Phi) is 7.43. The summed E-state index contributed by atoms with van der Waals surface area (Å²) in [4.78, 5) is 37.2. The van der Waals surface area contributed by atoms with Crippen molar-refractivity contribution in [3.8, 4) is 0 Å². The third kappa shape index (κ3) is 5.18. The van der Waals surface area contributed by atoms with E-state index in [4.69, 9.17) is 58.4 Å². The molecule has 0 aliphatic carbocycles. The first-order valence-electron chi connectivity index (χ1n) is 12.7. The predicted octanol–water partition coefficient (Wildman–Crippen LogP) is -0.0198. The first-order valence-corrected chi connectivity index (χ1v) is 16.9. The van der Waals surface area contributed by atoms with Gasteiger partial charge in [-0.05, 0) is 0 Å². The van der Waals surface area contributed by atoms with Gasteiger partial charge in [-0.1, -0.05) is 11.8 Å². The van der Waals surface area contributed by atoms with Crippen molar-refractivity contribution in [1.29, 1.82) is 0 Å². The fourth-order valence-electron chi connectivity index (χ4n) is 5.19. The van der Waals surface area contributed by atoms with Gasteiger partial charge in [-0.3, -0.25) is 13.7 Å². The van der Waals surface area contributed by atoms with E-state index in [1.54, 1.807) is 0 Å². The lowest BCUT2D eigenvalue weighted by molar-refractivity contribution is -0.217. The standard InChI is InChI=1S/C20H21BF2N10O8P2S/c21-42(34)36-1-7-14(10(23)20(38-7)33-6-31-12-16(25)27-4-29-18(12)33)41-43(35,44)37-2-8-13(40-42)9(22)19(39-8)32-5-30-11-15(24)26-3-28-17(11)32/h3-10,13-14,19-20H,1-2H2,(H,35,44)(H2,24,26,28)(H2,25,27,29)/p-1/t7-,8-,9+,10?,13?,14+,19-,20-,42-,43?/m1/s1. The van der Waals surface area contributed by atoms with Crippen LogP contribution >= 0.6 is 14.2 Å². The molecular formula is C20H20BF2N10O8P2S-. The van der Waals surface area contributed by atoms with Gasteiger partial charge in [0.15, 0.2) is 47.7 Å². The highest BCUT2D eigenvalue weighted by atomic mass is 32.5. The fraction of sp³-hybridized carbons (Fsp3) is 0.500. The van der Waals surface area contributed by atoms with E-state index in [0.717, 1.165) is 12.7 Å². The maximum absolute atomic E-state index is 15.9.